The lowest BCUT2D eigenvalue weighted by molar-refractivity contribution is -0.141. The van der Waals surface area contributed by atoms with Crippen molar-refractivity contribution in [2.24, 2.45) is 5.92 Å². The Morgan fingerprint density at radius 2 is 2.09 bits per heavy atom. The zero-order valence-electron chi connectivity index (χ0n) is 11.7. The number of carbonyl (C=O) groups excluding carboxylic acids is 2. The molecular formula is C14H14F2N2O4. The number of amides is 2. The van der Waals surface area contributed by atoms with E-state index >= 15 is 0 Å². The smallest absolute Gasteiger partial charge is 0.325 e. The van der Waals surface area contributed by atoms with Crippen LogP contribution in [0.5, 0.6) is 0 Å². The number of hydrogen-bond acceptors (Lipinski definition) is 3. The summed E-state index contributed by atoms with van der Waals surface area (Å²) in [5, 5.41) is 11.0. The normalized spacial score (nSPS) is 19.1. The first-order valence-corrected chi connectivity index (χ1v) is 6.58. The number of aliphatic carboxylic acids is 1. The van der Waals surface area contributed by atoms with Gasteiger partial charge in [-0.25, -0.2) is 8.78 Å². The van der Waals surface area contributed by atoms with Gasteiger partial charge in [-0.15, -0.1) is 0 Å². The molecule has 2 N–H and O–H groups in total. The van der Waals surface area contributed by atoms with Crippen molar-refractivity contribution in [2.45, 2.75) is 19.4 Å². The summed E-state index contributed by atoms with van der Waals surface area (Å²) in [4.78, 5) is 35.6. The van der Waals surface area contributed by atoms with E-state index in [-0.39, 0.29) is 18.7 Å². The fraction of sp³-hybridized carbons (Fsp3) is 0.357. The zero-order valence-corrected chi connectivity index (χ0v) is 11.7. The largest absolute Gasteiger partial charge is 0.480 e. The molecule has 1 heterocycles. The standard InChI is InChI=1S/C14H14F2N2O4/c1-7(14(21)22)17-13(20)8-4-12(19)18(6-8)11-3-2-9(15)5-10(11)16/h2-3,5,7-8H,4,6H2,1H3,(H,17,20)(H,21,22)/t7-,8+/m0/s1. The number of carboxylic acids is 1. The van der Waals surface area contributed by atoms with Crippen LogP contribution >= 0.6 is 0 Å². The van der Waals surface area contributed by atoms with Crippen molar-refractivity contribution in [2.75, 3.05) is 11.4 Å². The second-order valence-corrected chi connectivity index (χ2v) is 5.07. The van der Waals surface area contributed by atoms with E-state index in [1.807, 2.05) is 0 Å². The molecule has 1 fully saturated rings. The van der Waals surface area contributed by atoms with E-state index in [0.717, 1.165) is 17.0 Å². The molecule has 1 aromatic rings. The summed E-state index contributed by atoms with van der Waals surface area (Å²) in [5.41, 5.74) is -0.104. The summed E-state index contributed by atoms with van der Waals surface area (Å²) in [6, 6.07) is 1.72. The first-order chi connectivity index (χ1) is 10.3. The maximum Gasteiger partial charge on any atom is 0.325 e. The molecule has 1 saturated heterocycles. The summed E-state index contributed by atoms with van der Waals surface area (Å²) in [5.74, 6) is -4.70. The van der Waals surface area contributed by atoms with Gasteiger partial charge in [-0.05, 0) is 19.1 Å². The molecule has 8 heteroatoms. The van der Waals surface area contributed by atoms with Crippen LogP contribution in [0.1, 0.15) is 13.3 Å². The van der Waals surface area contributed by atoms with Crippen LogP contribution in [0.2, 0.25) is 0 Å². The minimum atomic E-state index is -1.20. The minimum Gasteiger partial charge on any atom is -0.480 e. The molecule has 6 nitrogen and oxygen atoms in total. The van der Waals surface area contributed by atoms with Crippen LogP contribution in [0, 0.1) is 17.6 Å². The lowest BCUT2D eigenvalue weighted by Gasteiger charge is -2.18. The molecule has 0 spiro atoms. The average molecular weight is 312 g/mol. The number of halogens is 2. The molecule has 2 atom stereocenters. The van der Waals surface area contributed by atoms with Crippen molar-refractivity contribution in [3.05, 3.63) is 29.8 Å². The Labute approximate surface area is 124 Å². The summed E-state index contributed by atoms with van der Waals surface area (Å²) in [7, 11) is 0. The molecule has 0 radical (unpaired) electrons. The number of nitrogens with zero attached hydrogens (tertiary/aromatic N) is 1. The van der Waals surface area contributed by atoms with E-state index in [1.165, 1.54) is 6.92 Å². The van der Waals surface area contributed by atoms with E-state index in [0.29, 0.717) is 6.07 Å². The molecule has 1 aromatic carbocycles. The van der Waals surface area contributed by atoms with E-state index in [2.05, 4.69) is 5.32 Å². The van der Waals surface area contributed by atoms with Gasteiger partial charge >= 0.3 is 5.97 Å². The van der Waals surface area contributed by atoms with Gasteiger partial charge in [0, 0.05) is 19.0 Å². The second-order valence-electron chi connectivity index (χ2n) is 5.07. The van der Waals surface area contributed by atoms with E-state index in [9.17, 15) is 23.2 Å². The Kier molecular flexibility index (Phi) is 4.39. The van der Waals surface area contributed by atoms with Crippen LogP contribution < -0.4 is 10.2 Å². The van der Waals surface area contributed by atoms with Crippen molar-refractivity contribution in [3.63, 3.8) is 0 Å². The van der Waals surface area contributed by atoms with Crippen LogP contribution in [0.15, 0.2) is 18.2 Å². The number of benzene rings is 1. The van der Waals surface area contributed by atoms with Crippen LogP contribution in [0.4, 0.5) is 14.5 Å². The highest BCUT2D eigenvalue weighted by atomic mass is 19.1. The molecule has 118 valence electrons. The fourth-order valence-corrected chi connectivity index (χ4v) is 2.21. The SMILES string of the molecule is C[C@H](NC(=O)[C@@H]1CC(=O)N(c2ccc(F)cc2F)C1)C(=O)O. The molecule has 0 bridgehead atoms. The molecule has 22 heavy (non-hydrogen) atoms. The predicted molar refractivity (Wildman–Crippen MR) is 72.1 cm³/mol. The highest BCUT2D eigenvalue weighted by molar-refractivity contribution is 6.00. The maximum atomic E-state index is 13.7. The number of nitrogens with one attached hydrogen (secondary N) is 1. The van der Waals surface area contributed by atoms with Gasteiger partial charge in [0.25, 0.3) is 0 Å². The zero-order chi connectivity index (χ0) is 16.4. The number of anilines is 1. The van der Waals surface area contributed by atoms with Crippen LogP contribution in [0.3, 0.4) is 0 Å². The van der Waals surface area contributed by atoms with E-state index in [1.54, 1.807) is 0 Å². The summed E-state index contributed by atoms with van der Waals surface area (Å²) < 4.78 is 26.6. The van der Waals surface area contributed by atoms with Gasteiger partial charge in [-0.1, -0.05) is 0 Å². The highest BCUT2D eigenvalue weighted by Gasteiger charge is 2.37. The van der Waals surface area contributed by atoms with Gasteiger partial charge in [0.15, 0.2) is 0 Å². The number of hydrogen-bond donors (Lipinski definition) is 2. The highest BCUT2D eigenvalue weighted by Crippen LogP contribution is 2.28. The van der Waals surface area contributed by atoms with Crippen molar-refractivity contribution < 1.29 is 28.3 Å². The molecule has 0 unspecified atom stereocenters. The molecule has 1 aliphatic heterocycles. The third kappa shape index (κ3) is 3.21. The third-order valence-corrected chi connectivity index (χ3v) is 3.43. The second kappa shape index (κ2) is 6.08. The Bertz CT molecular complexity index is 635. The molecule has 2 rings (SSSR count). The van der Waals surface area contributed by atoms with E-state index < -0.39 is 41.4 Å². The van der Waals surface area contributed by atoms with Gasteiger partial charge in [0.2, 0.25) is 11.8 Å². The van der Waals surface area contributed by atoms with E-state index in [4.69, 9.17) is 5.11 Å². The Morgan fingerprint density at radius 1 is 1.41 bits per heavy atom. The summed E-state index contributed by atoms with van der Waals surface area (Å²) in [6.45, 7) is 1.22. The van der Waals surface area contributed by atoms with Crippen molar-refractivity contribution in [1.29, 1.82) is 0 Å². The third-order valence-electron chi connectivity index (χ3n) is 3.43. The average Bonchev–Trinajstić information content (AvgIpc) is 2.80. The number of carbonyl (C=O) groups is 3. The first kappa shape index (κ1) is 15.9. The van der Waals surface area contributed by atoms with Crippen LogP contribution in [0.25, 0.3) is 0 Å². The molecule has 1 aliphatic rings. The monoisotopic (exact) mass is 312 g/mol. The Morgan fingerprint density at radius 3 is 2.68 bits per heavy atom. The van der Waals surface area contributed by atoms with Crippen molar-refractivity contribution >= 4 is 23.5 Å². The molecule has 0 aromatic heterocycles. The lowest BCUT2D eigenvalue weighted by Crippen LogP contribution is -2.42. The predicted octanol–water partition coefficient (Wildman–Crippen LogP) is 0.907. The topological polar surface area (TPSA) is 86.7 Å². The summed E-state index contributed by atoms with van der Waals surface area (Å²) >= 11 is 0. The Hall–Kier alpha value is -2.51. The van der Waals surface area contributed by atoms with Crippen LogP contribution in [-0.4, -0.2) is 35.5 Å². The quantitative estimate of drug-likeness (QED) is 0.865. The minimum absolute atomic E-state index is 0.0838. The number of carboxylic acid groups (broad SMARTS) is 1. The molecule has 0 aliphatic carbocycles. The van der Waals surface area contributed by atoms with Crippen LogP contribution in [-0.2, 0) is 14.4 Å². The van der Waals surface area contributed by atoms with Crippen molar-refractivity contribution in [3.8, 4) is 0 Å². The molecule has 0 saturated carbocycles. The fourth-order valence-electron chi connectivity index (χ4n) is 2.21. The maximum absolute atomic E-state index is 13.7. The first-order valence-electron chi connectivity index (χ1n) is 6.58. The van der Waals surface area contributed by atoms with Crippen molar-refractivity contribution in [1.82, 2.24) is 5.32 Å². The lowest BCUT2D eigenvalue weighted by atomic mass is 10.1. The summed E-state index contributed by atoms with van der Waals surface area (Å²) in [6.07, 6.45) is -0.158. The van der Waals surface area contributed by atoms with Gasteiger partial charge < -0.3 is 15.3 Å². The van der Waals surface area contributed by atoms with Gasteiger partial charge in [0.05, 0.1) is 11.6 Å². The number of rotatable bonds is 4. The van der Waals surface area contributed by atoms with Gasteiger partial charge in [-0.3, -0.25) is 14.4 Å². The Balaban J connectivity index is 2.10. The van der Waals surface area contributed by atoms with Gasteiger partial charge in [-0.2, -0.15) is 0 Å². The van der Waals surface area contributed by atoms with Gasteiger partial charge in [0.1, 0.15) is 17.7 Å². The molecule has 2 amide bonds. The molecular weight excluding hydrogens is 298 g/mol.